The molecule has 0 aliphatic heterocycles. The van der Waals surface area contributed by atoms with Crippen molar-refractivity contribution in [3.8, 4) is 11.6 Å². The van der Waals surface area contributed by atoms with E-state index in [1.807, 2.05) is 23.9 Å². The van der Waals surface area contributed by atoms with Crippen LogP contribution in [0.1, 0.15) is 25.8 Å². The molecule has 0 unspecified atom stereocenters. The Morgan fingerprint density at radius 1 is 1.35 bits per heavy atom. The third-order valence-corrected chi connectivity index (χ3v) is 3.22. The van der Waals surface area contributed by atoms with Gasteiger partial charge >= 0.3 is 0 Å². The molecule has 0 radical (unpaired) electrons. The van der Waals surface area contributed by atoms with Crippen LogP contribution in [0.4, 0.5) is 0 Å². The van der Waals surface area contributed by atoms with Crippen molar-refractivity contribution in [3.05, 3.63) is 34.7 Å². The van der Waals surface area contributed by atoms with E-state index in [0.29, 0.717) is 11.6 Å². The topological polar surface area (TPSA) is 52.0 Å². The predicted molar refractivity (Wildman–Crippen MR) is 81.9 cm³/mol. The second-order valence-corrected chi connectivity index (χ2v) is 5.34. The zero-order chi connectivity index (χ0) is 14.4. The Labute approximate surface area is 127 Å². The Morgan fingerprint density at radius 3 is 2.90 bits per heavy atom. The molecule has 0 aliphatic rings. The third-order valence-electron chi connectivity index (χ3n) is 2.78. The second-order valence-electron chi connectivity index (χ2n) is 4.43. The lowest BCUT2D eigenvalue weighted by atomic mass is 10.2. The van der Waals surface area contributed by atoms with Crippen molar-refractivity contribution in [2.75, 3.05) is 6.54 Å². The molecule has 1 N–H and O–H groups in total. The summed E-state index contributed by atoms with van der Waals surface area (Å²) in [6, 6.07) is 2.02. The summed E-state index contributed by atoms with van der Waals surface area (Å²) >= 11 is 3.44. The molecule has 0 saturated carbocycles. The Morgan fingerprint density at radius 2 is 2.20 bits per heavy atom. The van der Waals surface area contributed by atoms with Gasteiger partial charge in [0.2, 0.25) is 5.88 Å². The first-order valence-corrected chi connectivity index (χ1v) is 7.57. The molecule has 20 heavy (non-hydrogen) atoms. The predicted octanol–water partition coefficient (Wildman–Crippen LogP) is 3.35. The molecular formula is C14H19BrN4O. The number of halogens is 1. The number of nitrogens with one attached hydrogen (secondary N) is 1. The summed E-state index contributed by atoms with van der Waals surface area (Å²) in [5.74, 6) is 1.32. The maximum Gasteiger partial charge on any atom is 0.223 e. The summed E-state index contributed by atoms with van der Waals surface area (Å²) in [5.41, 5.74) is 1.03. The van der Waals surface area contributed by atoms with Gasteiger partial charge in [-0.2, -0.15) is 5.10 Å². The molecule has 2 aromatic heterocycles. The van der Waals surface area contributed by atoms with Crippen LogP contribution in [0.25, 0.3) is 0 Å². The van der Waals surface area contributed by atoms with Crippen LogP contribution >= 0.6 is 15.9 Å². The van der Waals surface area contributed by atoms with Crippen LogP contribution in [0.15, 0.2) is 29.1 Å². The maximum atomic E-state index is 5.82. The van der Waals surface area contributed by atoms with E-state index < -0.39 is 0 Å². The fraction of sp³-hybridized carbons (Fsp3) is 0.429. The van der Waals surface area contributed by atoms with Gasteiger partial charge in [0.1, 0.15) is 0 Å². The SMILES string of the molecule is CCCNCc1cc(Br)cnc1Oc1cnn(CC)c1. The van der Waals surface area contributed by atoms with E-state index in [4.69, 9.17) is 4.74 Å². The van der Waals surface area contributed by atoms with E-state index in [2.05, 4.69) is 38.3 Å². The molecule has 0 fully saturated rings. The average Bonchev–Trinajstić information content (AvgIpc) is 2.90. The Kier molecular flexibility index (Phi) is 5.55. The summed E-state index contributed by atoms with van der Waals surface area (Å²) in [7, 11) is 0. The van der Waals surface area contributed by atoms with Crippen molar-refractivity contribution in [1.29, 1.82) is 0 Å². The van der Waals surface area contributed by atoms with E-state index >= 15 is 0 Å². The number of hydrogen-bond donors (Lipinski definition) is 1. The first kappa shape index (κ1) is 15.0. The van der Waals surface area contributed by atoms with E-state index in [0.717, 1.165) is 36.1 Å². The van der Waals surface area contributed by atoms with E-state index in [1.54, 1.807) is 12.4 Å². The van der Waals surface area contributed by atoms with Crippen LogP contribution in [0.5, 0.6) is 11.6 Å². The van der Waals surface area contributed by atoms with Crippen LogP contribution < -0.4 is 10.1 Å². The Bertz CT molecular complexity index is 556. The fourth-order valence-corrected chi connectivity index (χ4v) is 2.15. The van der Waals surface area contributed by atoms with Crippen LogP contribution in [0.2, 0.25) is 0 Å². The zero-order valence-corrected chi connectivity index (χ0v) is 13.4. The van der Waals surface area contributed by atoms with E-state index in [1.165, 1.54) is 0 Å². The molecule has 0 atom stereocenters. The summed E-state index contributed by atoms with van der Waals surface area (Å²) in [4.78, 5) is 4.34. The zero-order valence-electron chi connectivity index (χ0n) is 11.8. The number of pyridine rings is 1. The molecule has 5 nitrogen and oxygen atoms in total. The van der Waals surface area contributed by atoms with Crippen molar-refractivity contribution in [3.63, 3.8) is 0 Å². The molecule has 0 bridgehead atoms. The molecule has 0 saturated heterocycles. The first-order chi connectivity index (χ1) is 9.72. The second kappa shape index (κ2) is 7.40. The number of rotatable bonds is 7. The minimum Gasteiger partial charge on any atom is -0.435 e. The summed E-state index contributed by atoms with van der Waals surface area (Å²) in [6.45, 7) is 6.71. The van der Waals surface area contributed by atoms with Gasteiger partial charge in [-0.05, 0) is 41.9 Å². The minimum absolute atomic E-state index is 0.618. The van der Waals surface area contributed by atoms with Gasteiger partial charge in [-0.15, -0.1) is 0 Å². The van der Waals surface area contributed by atoms with Crippen molar-refractivity contribution < 1.29 is 4.74 Å². The van der Waals surface area contributed by atoms with Crippen LogP contribution in [0, 0.1) is 0 Å². The van der Waals surface area contributed by atoms with Crippen molar-refractivity contribution in [1.82, 2.24) is 20.1 Å². The molecule has 0 aliphatic carbocycles. The fourth-order valence-electron chi connectivity index (χ4n) is 1.77. The number of nitrogens with zero attached hydrogens (tertiary/aromatic N) is 3. The lowest BCUT2D eigenvalue weighted by Gasteiger charge is -2.10. The van der Waals surface area contributed by atoms with Crippen molar-refractivity contribution >= 4 is 15.9 Å². The van der Waals surface area contributed by atoms with Crippen LogP contribution in [-0.2, 0) is 13.1 Å². The summed E-state index contributed by atoms with van der Waals surface area (Å²) in [6.07, 6.45) is 6.41. The molecular weight excluding hydrogens is 320 g/mol. The highest BCUT2D eigenvalue weighted by atomic mass is 79.9. The molecule has 2 rings (SSSR count). The normalized spacial score (nSPS) is 10.8. The molecule has 108 valence electrons. The minimum atomic E-state index is 0.618. The standard InChI is InChI=1S/C14H19BrN4O/c1-3-5-16-7-11-6-12(15)8-17-14(11)20-13-9-18-19(4-2)10-13/h6,8-10,16H,3-5,7H2,1-2H3. The highest BCUT2D eigenvalue weighted by Crippen LogP contribution is 2.25. The quantitative estimate of drug-likeness (QED) is 0.786. The lowest BCUT2D eigenvalue weighted by molar-refractivity contribution is 0.451. The van der Waals surface area contributed by atoms with Gasteiger partial charge in [-0.1, -0.05) is 6.92 Å². The third kappa shape index (κ3) is 4.05. The van der Waals surface area contributed by atoms with Gasteiger partial charge in [-0.25, -0.2) is 4.98 Å². The lowest BCUT2D eigenvalue weighted by Crippen LogP contribution is -2.14. The average molecular weight is 339 g/mol. The van der Waals surface area contributed by atoms with E-state index in [-0.39, 0.29) is 0 Å². The summed E-state index contributed by atoms with van der Waals surface area (Å²) in [5, 5.41) is 7.55. The van der Waals surface area contributed by atoms with E-state index in [9.17, 15) is 0 Å². The van der Waals surface area contributed by atoms with Gasteiger partial charge < -0.3 is 10.1 Å². The van der Waals surface area contributed by atoms with Gasteiger partial charge in [-0.3, -0.25) is 4.68 Å². The molecule has 2 aromatic rings. The van der Waals surface area contributed by atoms with Crippen molar-refractivity contribution in [2.45, 2.75) is 33.4 Å². The number of hydrogen-bond acceptors (Lipinski definition) is 4. The van der Waals surface area contributed by atoms with Crippen molar-refractivity contribution in [2.24, 2.45) is 0 Å². The Balaban J connectivity index is 2.12. The number of aryl methyl sites for hydroxylation is 1. The van der Waals surface area contributed by atoms with Gasteiger partial charge in [0, 0.05) is 29.3 Å². The summed E-state index contributed by atoms with van der Waals surface area (Å²) < 4.78 is 8.59. The highest BCUT2D eigenvalue weighted by Gasteiger charge is 2.09. The van der Waals surface area contributed by atoms with Crippen LogP contribution in [0.3, 0.4) is 0 Å². The number of aromatic nitrogens is 3. The Hall–Kier alpha value is -1.40. The maximum absolute atomic E-state index is 5.82. The molecule has 0 spiro atoms. The monoisotopic (exact) mass is 338 g/mol. The van der Waals surface area contributed by atoms with Crippen LogP contribution in [-0.4, -0.2) is 21.3 Å². The largest absolute Gasteiger partial charge is 0.435 e. The van der Waals surface area contributed by atoms with Gasteiger partial charge in [0.05, 0.1) is 12.4 Å². The smallest absolute Gasteiger partial charge is 0.223 e. The number of ether oxygens (including phenoxy) is 1. The molecule has 6 heteroatoms. The molecule has 0 amide bonds. The van der Waals surface area contributed by atoms with Gasteiger partial charge in [0.25, 0.3) is 0 Å². The van der Waals surface area contributed by atoms with Gasteiger partial charge in [0.15, 0.2) is 5.75 Å². The molecule has 2 heterocycles. The molecule has 0 aromatic carbocycles. The highest BCUT2D eigenvalue weighted by molar-refractivity contribution is 9.10. The first-order valence-electron chi connectivity index (χ1n) is 6.78.